The number of carbonyl (C=O) groups excluding carboxylic acids is 1. The number of anilines is 2. The summed E-state index contributed by atoms with van der Waals surface area (Å²) >= 11 is 2.69. The van der Waals surface area contributed by atoms with Gasteiger partial charge < -0.3 is 15.0 Å². The molecule has 2 heterocycles. The Balaban J connectivity index is 1.57. The van der Waals surface area contributed by atoms with E-state index in [9.17, 15) is 13.2 Å². The number of nitrogens with zero attached hydrogens (tertiary/aromatic N) is 3. The van der Waals surface area contributed by atoms with E-state index in [1.807, 2.05) is 38.1 Å². The van der Waals surface area contributed by atoms with Gasteiger partial charge in [-0.2, -0.15) is 0 Å². The third kappa shape index (κ3) is 6.32. The molecule has 1 saturated heterocycles. The predicted octanol–water partition coefficient (Wildman–Crippen LogP) is 3.05. The minimum absolute atomic E-state index is 0.0596. The molecule has 1 fully saturated rings. The average molecular weight is 471 g/mol. The fourth-order valence-electron chi connectivity index (χ4n) is 3.19. The molecule has 30 heavy (non-hydrogen) atoms. The number of hydrogen-bond donors (Lipinski definition) is 1. The minimum atomic E-state index is -3.04. The van der Waals surface area contributed by atoms with Gasteiger partial charge in [0.15, 0.2) is 14.2 Å². The number of hydrogen-bond acceptors (Lipinski definition) is 9. The van der Waals surface area contributed by atoms with Gasteiger partial charge in [-0.05, 0) is 36.6 Å². The first-order chi connectivity index (χ1) is 14.3. The number of rotatable bonds is 9. The maximum atomic E-state index is 12.8. The number of benzene rings is 1. The van der Waals surface area contributed by atoms with E-state index in [2.05, 4.69) is 15.5 Å². The number of sulfone groups is 1. The van der Waals surface area contributed by atoms with Crippen LogP contribution in [0.3, 0.4) is 0 Å². The molecule has 1 aliphatic heterocycles. The zero-order valence-corrected chi connectivity index (χ0v) is 19.6. The number of thioether (sulfide) groups is 1. The van der Waals surface area contributed by atoms with Gasteiger partial charge in [-0.1, -0.05) is 36.9 Å². The number of nitrogens with one attached hydrogen (secondary N) is 1. The van der Waals surface area contributed by atoms with Crippen LogP contribution in [0, 0.1) is 5.92 Å². The number of carbonyl (C=O) groups is 1. The molecule has 164 valence electrons. The first kappa shape index (κ1) is 22.8. The SMILES string of the molecule is COc1ccc(Nc2nnc(SCC(=O)N(CC(C)C)[C@H]3CCS(=O)(=O)C3)s2)cc1. The van der Waals surface area contributed by atoms with Crippen LogP contribution in [0.4, 0.5) is 10.8 Å². The molecule has 0 saturated carbocycles. The standard InChI is InChI=1S/C19H26N4O4S3/c1-13(2)10-23(15-8-9-30(25,26)12-15)17(24)11-28-19-22-21-18(29-19)20-14-4-6-16(27-3)7-5-14/h4-7,13,15H,8-12H2,1-3H3,(H,20,21)/t15-/m0/s1. The molecule has 1 atom stereocenters. The molecule has 8 nitrogen and oxygen atoms in total. The molecule has 0 bridgehead atoms. The third-order valence-corrected chi connectivity index (χ3v) is 8.31. The van der Waals surface area contributed by atoms with Gasteiger partial charge in [0.2, 0.25) is 11.0 Å². The van der Waals surface area contributed by atoms with Crippen LogP contribution in [0.2, 0.25) is 0 Å². The van der Waals surface area contributed by atoms with Gasteiger partial charge in [-0.3, -0.25) is 4.79 Å². The van der Waals surface area contributed by atoms with Crippen molar-refractivity contribution in [2.75, 3.05) is 36.2 Å². The van der Waals surface area contributed by atoms with Crippen LogP contribution in [-0.4, -0.2) is 66.4 Å². The summed E-state index contributed by atoms with van der Waals surface area (Å²) in [5.74, 6) is 1.41. The zero-order chi connectivity index (χ0) is 21.7. The topological polar surface area (TPSA) is 101 Å². The average Bonchev–Trinajstić information content (AvgIpc) is 3.30. The molecule has 1 aliphatic rings. The zero-order valence-electron chi connectivity index (χ0n) is 17.2. The number of methoxy groups -OCH3 is 1. The van der Waals surface area contributed by atoms with Crippen molar-refractivity contribution in [3.8, 4) is 5.75 Å². The monoisotopic (exact) mass is 470 g/mol. The highest BCUT2D eigenvalue weighted by atomic mass is 32.2. The highest BCUT2D eigenvalue weighted by Gasteiger charge is 2.34. The molecule has 0 radical (unpaired) electrons. The van der Waals surface area contributed by atoms with E-state index in [1.165, 1.54) is 23.1 Å². The number of ether oxygens (including phenoxy) is 1. The lowest BCUT2D eigenvalue weighted by Gasteiger charge is -2.29. The third-order valence-electron chi connectivity index (χ3n) is 4.60. The Morgan fingerprint density at radius 1 is 1.33 bits per heavy atom. The molecule has 1 aromatic carbocycles. The maximum Gasteiger partial charge on any atom is 0.233 e. The van der Waals surface area contributed by atoms with Gasteiger partial charge in [-0.25, -0.2) is 8.42 Å². The van der Waals surface area contributed by atoms with Crippen molar-refractivity contribution in [3.05, 3.63) is 24.3 Å². The molecule has 3 rings (SSSR count). The lowest BCUT2D eigenvalue weighted by atomic mass is 10.1. The second-order valence-corrected chi connectivity index (χ2v) is 11.9. The Morgan fingerprint density at radius 3 is 2.67 bits per heavy atom. The smallest absolute Gasteiger partial charge is 0.233 e. The molecule has 1 N–H and O–H groups in total. The fraction of sp³-hybridized carbons (Fsp3) is 0.526. The van der Waals surface area contributed by atoms with Crippen molar-refractivity contribution in [1.29, 1.82) is 0 Å². The van der Waals surface area contributed by atoms with E-state index < -0.39 is 9.84 Å². The van der Waals surface area contributed by atoms with Crippen molar-refractivity contribution >= 4 is 49.7 Å². The van der Waals surface area contributed by atoms with Crippen molar-refractivity contribution in [2.24, 2.45) is 5.92 Å². The van der Waals surface area contributed by atoms with Gasteiger partial charge in [0.1, 0.15) is 5.75 Å². The van der Waals surface area contributed by atoms with Crippen LogP contribution in [0.1, 0.15) is 20.3 Å². The number of aromatic nitrogens is 2. The summed E-state index contributed by atoms with van der Waals surface area (Å²) in [6, 6.07) is 7.24. The van der Waals surface area contributed by atoms with Crippen LogP contribution in [0.5, 0.6) is 5.75 Å². The highest BCUT2D eigenvalue weighted by molar-refractivity contribution is 8.01. The van der Waals surface area contributed by atoms with Crippen molar-refractivity contribution < 1.29 is 17.9 Å². The molecule has 0 aliphatic carbocycles. The summed E-state index contributed by atoms with van der Waals surface area (Å²) in [6.07, 6.45) is 0.514. The molecule has 1 aromatic heterocycles. The quantitative estimate of drug-likeness (QED) is 0.558. The lowest BCUT2D eigenvalue weighted by Crippen LogP contribution is -2.44. The second kappa shape index (κ2) is 9.97. The summed E-state index contributed by atoms with van der Waals surface area (Å²) in [6.45, 7) is 4.61. The Morgan fingerprint density at radius 2 is 2.07 bits per heavy atom. The molecular weight excluding hydrogens is 444 g/mol. The van der Waals surface area contributed by atoms with E-state index >= 15 is 0 Å². The molecule has 11 heteroatoms. The number of amides is 1. The normalized spacial score (nSPS) is 17.8. The van der Waals surface area contributed by atoms with E-state index in [1.54, 1.807) is 12.0 Å². The van der Waals surface area contributed by atoms with Crippen molar-refractivity contribution in [3.63, 3.8) is 0 Å². The largest absolute Gasteiger partial charge is 0.497 e. The van der Waals surface area contributed by atoms with Gasteiger partial charge in [-0.15, -0.1) is 10.2 Å². The van der Waals surface area contributed by atoms with Gasteiger partial charge in [0.25, 0.3) is 0 Å². The summed E-state index contributed by atoms with van der Waals surface area (Å²) in [4.78, 5) is 14.6. The molecule has 1 amide bonds. The van der Waals surface area contributed by atoms with Gasteiger partial charge >= 0.3 is 0 Å². The molecule has 2 aromatic rings. The summed E-state index contributed by atoms with van der Waals surface area (Å²) in [5, 5.41) is 12.1. The van der Waals surface area contributed by atoms with Crippen LogP contribution < -0.4 is 10.1 Å². The Hall–Kier alpha value is -1.85. The van der Waals surface area contributed by atoms with E-state index in [-0.39, 0.29) is 35.1 Å². The maximum absolute atomic E-state index is 12.8. The molecule has 0 spiro atoms. The van der Waals surface area contributed by atoms with Gasteiger partial charge in [0.05, 0.1) is 24.4 Å². The van der Waals surface area contributed by atoms with Crippen molar-refractivity contribution in [2.45, 2.75) is 30.6 Å². The van der Waals surface area contributed by atoms with Crippen molar-refractivity contribution in [1.82, 2.24) is 15.1 Å². The Kier molecular flexibility index (Phi) is 7.59. The summed E-state index contributed by atoms with van der Waals surface area (Å²) < 4.78 is 29.5. The van der Waals surface area contributed by atoms with Crippen LogP contribution in [0.25, 0.3) is 0 Å². The van der Waals surface area contributed by atoms with Crippen LogP contribution >= 0.6 is 23.1 Å². The van der Waals surface area contributed by atoms with E-state index in [0.29, 0.717) is 22.4 Å². The molecule has 0 unspecified atom stereocenters. The van der Waals surface area contributed by atoms with E-state index in [0.717, 1.165) is 11.4 Å². The highest BCUT2D eigenvalue weighted by Crippen LogP contribution is 2.29. The Labute approximate surface area is 185 Å². The Bertz CT molecular complexity index is 960. The second-order valence-electron chi connectivity index (χ2n) is 7.51. The van der Waals surface area contributed by atoms with Crippen LogP contribution in [-0.2, 0) is 14.6 Å². The summed E-state index contributed by atoms with van der Waals surface area (Å²) in [7, 11) is -1.43. The lowest BCUT2D eigenvalue weighted by molar-refractivity contribution is -0.130. The first-order valence-corrected chi connectivity index (χ1v) is 13.3. The predicted molar refractivity (Wildman–Crippen MR) is 121 cm³/mol. The van der Waals surface area contributed by atoms with E-state index in [4.69, 9.17) is 4.74 Å². The fourth-order valence-corrected chi connectivity index (χ4v) is 6.58. The minimum Gasteiger partial charge on any atom is -0.497 e. The van der Waals surface area contributed by atoms with Crippen LogP contribution in [0.15, 0.2) is 28.6 Å². The first-order valence-electron chi connectivity index (χ1n) is 9.63. The summed E-state index contributed by atoms with van der Waals surface area (Å²) in [5.41, 5.74) is 0.866. The van der Waals surface area contributed by atoms with Gasteiger partial charge in [0, 0.05) is 18.3 Å². The molecular formula is C19H26N4O4S3.